The summed E-state index contributed by atoms with van der Waals surface area (Å²) >= 11 is 0. The van der Waals surface area contributed by atoms with Crippen molar-refractivity contribution in [2.24, 2.45) is 0 Å². The van der Waals surface area contributed by atoms with Gasteiger partial charge in [-0.25, -0.2) is 4.79 Å². The van der Waals surface area contributed by atoms with E-state index in [-0.39, 0.29) is 18.3 Å². The van der Waals surface area contributed by atoms with E-state index in [9.17, 15) is 9.59 Å². The van der Waals surface area contributed by atoms with Gasteiger partial charge >= 0.3 is 5.97 Å². The molecular formula is C15H15NO5. The highest BCUT2D eigenvalue weighted by Gasteiger charge is 2.20. The van der Waals surface area contributed by atoms with Crippen molar-refractivity contribution >= 4 is 22.8 Å². The zero-order valence-corrected chi connectivity index (χ0v) is 11.4. The molecule has 1 saturated heterocycles. The summed E-state index contributed by atoms with van der Waals surface area (Å²) in [6, 6.07) is 8.90. The van der Waals surface area contributed by atoms with Crippen LogP contribution in [0, 0.1) is 0 Å². The van der Waals surface area contributed by atoms with E-state index in [1.54, 1.807) is 17.0 Å². The van der Waals surface area contributed by atoms with Crippen molar-refractivity contribution in [3.05, 3.63) is 36.1 Å². The first-order chi connectivity index (χ1) is 10.2. The second kappa shape index (κ2) is 5.97. The zero-order valence-electron chi connectivity index (χ0n) is 11.4. The number of nitrogens with zero attached hydrogens (tertiary/aromatic N) is 1. The number of esters is 1. The highest BCUT2D eigenvalue weighted by atomic mass is 16.5. The molecule has 0 saturated carbocycles. The molecule has 21 heavy (non-hydrogen) atoms. The van der Waals surface area contributed by atoms with E-state index in [0.717, 1.165) is 5.39 Å². The molecule has 1 fully saturated rings. The van der Waals surface area contributed by atoms with Crippen LogP contribution in [0.3, 0.4) is 0 Å². The van der Waals surface area contributed by atoms with E-state index in [2.05, 4.69) is 0 Å². The Morgan fingerprint density at radius 2 is 1.95 bits per heavy atom. The van der Waals surface area contributed by atoms with Crippen LogP contribution in [0.2, 0.25) is 0 Å². The molecule has 0 N–H and O–H groups in total. The van der Waals surface area contributed by atoms with Gasteiger partial charge in [0, 0.05) is 18.5 Å². The van der Waals surface area contributed by atoms with Gasteiger partial charge in [-0.3, -0.25) is 4.79 Å². The highest BCUT2D eigenvalue weighted by Crippen LogP contribution is 2.19. The number of rotatable bonds is 3. The highest BCUT2D eigenvalue weighted by molar-refractivity contribution is 5.93. The summed E-state index contributed by atoms with van der Waals surface area (Å²) in [5, 5.41) is 0.823. The molecule has 6 heteroatoms. The molecule has 110 valence electrons. The number of morpholine rings is 1. The van der Waals surface area contributed by atoms with Crippen molar-refractivity contribution in [2.75, 3.05) is 32.9 Å². The molecule has 1 aliphatic rings. The van der Waals surface area contributed by atoms with Crippen LogP contribution in [0.1, 0.15) is 10.6 Å². The number of carbonyl (C=O) groups is 2. The molecule has 1 amide bonds. The quantitative estimate of drug-likeness (QED) is 0.800. The lowest BCUT2D eigenvalue weighted by Gasteiger charge is -2.26. The Kier molecular flexibility index (Phi) is 3.87. The summed E-state index contributed by atoms with van der Waals surface area (Å²) in [7, 11) is 0. The van der Waals surface area contributed by atoms with Crippen molar-refractivity contribution in [2.45, 2.75) is 0 Å². The lowest BCUT2D eigenvalue weighted by Crippen LogP contribution is -2.42. The lowest BCUT2D eigenvalue weighted by atomic mass is 10.2. The number of hydrogen-bond donors (Lipinski definition) is 0. The topological polar surface area (TPSA) is 69.0 Å². The van der Waals surface area contributed by atoms with Crippen LogP contribution < -0.4 is 0 Å². The Hall–Kier alpha value is -2.34. The summed E-state index contributed by atoms with van der Waals surface area (Å²) in [6.07, 6.45) is 0. The van der Waals surface area contributed by atoms with Crippen molar-refractivity contribution in [1.82, 2.24) is 4.90 Å². The van der Waals surface area contributed by atoms with Gasteiger partial charge in [0.15, 0.2) is 6.61 Å². The third-order valence-corrected chi connectivity index (χ3v) is 3.32. The minimum Gasteiger partial charge on any atom is -0.450 e. The van der Waals surface area contributed by atoms with Gasteiger partial charge in [0.05, 0.1) is 13.2 Å². The molecule has 3 rings (SSSR count). The number of para-hydroxylation sites is 1. The first kappa shape index (κ1) is 13.6. The maximum atomic E-state index is 11.9. The fourth-order valence-electron chi connectivity index (χ4n) is 2.18. The van der Waals surface area contributed by atoms with E-state index in [1.165, 1.54) is 0 Å². The largest absolute Gasteiger partial charge is 0.450 e. The normalized spacial score (nSPS) is 15.1. The molecule has 0 radical (unpaired) electrons. The smallest absolute Gasteiger partial charge is 0.374 e. The fourth-order valence-corrected chi connectivity index (χ4v) is 2.18. The van der Waals surface area contributed by atoms with Crippen LogP contribution in [0.5, 0.6) is 0 Å². The van der Waals surface area contributed by atoms with Gasteiger partial charge in [-0.05, 0) is 12.1 Å². The van der Waals surface area contributed by atoms with Gasteiger partial charge in [-0.1, -0.05) is 18.2 Å². The number of furan rings is 1. The Morgan fingerprint density at radius 3 is 2.71 bits per heavy atom. The second-order valence-electron chi connectivity index (χ2n) is 4.72. The maximum Gasteiger partial charge on any atom is 0.374 e. The minimum atomic E-state index is -0.632. The number of fused-ring (bicyclic) bond motifs is 1. The van der Waals surface area contributed by atoms with E-state index in [1.807, 2.05) is 18.2 Å². The van der Waals surface area contributed by atoms with Gasteiger partial charge in [-0.15, -0.1) is 0 Å². The van der Waals surface area contributed by atoms with Gasteiger partial charge in [0.25, 0.3) is 5.91 Å². The van der Waals surface area contributed by atoms with Crippen LogP contribution in [0.15, 0.2) is 34.7 Å². The Morgan fingerprint density at radius 1 is 1.19 bits per heavy atom. The third kappa shape index (κ3) is 3.05. The van der Waals surface area contributed by atoms with Crippen LogP contribution in [-0.4, -0.2) is 49.7 Å². The predicted molar refractivity (Wildman–Crippen MR) is 73.9 cm³/mol. The van der Waals surface area contributed by atoms with E-state index < -0.39 is 5.97 Å². The molecule has 1 aliphatic heterocycles. The second-order valence-corrected chi connectivity index (χ2v) is 4.72. The Bertz CT molecular complexity index is 624. The molecule has 2 heterocycles. The van der Waals surface area contributed by atoms with E-state index >= 15 is 0 Å². The molecule has 0 atom stereocenters. The number of ether oxygens (including phenoxy) is 2. The summed E-state index contributed by atoms with van der Waals surface area (Å²) in [5.41, 5.74) is 0.615. The van der Waals surface area contributed by atoms with Crippen molar-refractivity contribution < 1.29 is 23.5 Å². The van der Waals surface area contributed by atoms with Gasteiger partial charge in [0.2, 0.25) is 5.76 Å². The van der Waals surface area contributed by atoms with E-state index in [4.69, 9.17) is 13.9 Å². The summed E-state index contributed by atoms with van der Waals surface area (Å²) in [6.45, 7) is 1.81. The molecule has 0 unspecified atom stereocenters. The Labute approximate surface area is 121 Å². The fraction of sp³-hybridized carbons (Fsp3) is 0.333. The average molecular weight is 289 g/mol. The number of benzene rings is 1. The van der Waals surface area contributed by atoms with Crippen LogP contribution in [0.4, 0.5) is 0 Å². The SMILES string of the molecule is O=C(OCC(=O)N1CCOCC1)c1cc2ccccc2o1. The Balaban J connectivity index is 1.59. The van der Waals surface area contributed by atoms with Crippen LogP contribution in [-0.2, 0) is 14.3 Å². The minimum absolute atomic E-state index is 0.103. The van der Waals surface area contributed by atoms with Crippen LogP contribution >= 0.6 is 0 Å². The number of hydrogen-bond acceptors (Lipinski definition) is 5. The van der Waals surface area contributed by atoms with Crippen molar-refractivity contribution in [1.29, 1.82) is 0 Å². The molecular weight excluding hydrogens is 274 g/mol. The number of carbonyl (C=O) groups excluding carboxylic acids is 2. The lowest BCUT2D eigenvalue weighted by molar-refractivity contribution is -0.138. The molecule has 2 aromatic rings. The van der Waals surface area contributed by atoms with Crippen molar-refractivity contribution in [3.63, 3.8) is 0 Å². The molecule has 1 aromatic carbocycles. The zero-order chi connectivity index (χ0) is 14.7. The summed E-state index contributed by atoms with van der Waals surface area (Å²) in [5.74, 6) is -0.749. The first-order valence-electron chi connectivity index (χ1n) is 6.75. The first-order valence-corrected chi connectivity index (χ1v) is 6.75. The standard InChI is InChI=1S/C15H15NO5/c17-14(16-5-7-19-8-6-16)10-20-15(18)13-9-11-3-1-2-4-12(11)21-13/h1-4,9H,5-8,10H2. The average Bonchev–Trinajstić information content (AvgIpc) is 2.97. The molecule has 0 aliphatic carbocycles. The third-order valence-electron chi connectivity index (χ3n) is 3.32. The van der Waals surface area contributed by atoms with E-state index in [0.29, 0.717) is 31.9 Å². The van der Waals surface area contributed by atoms with Gasteiger partial charge in [-0.2, -0.15) is 0 Å². The van der Waals surface area contributed by atoms with Gasteiger partial charge in [0.1, 0.15) is 5.58 Å². The van der Waals surface area contributed by atoms with Crippen LogP contribution in [0.25, 0.3) is 11.0 Å². The monoisotopic (exact) mass is 289 g/mol. The van der Waals surface area contributed by atoms with Gasteiger partial charge < -0.3 is 18.8 Å². The summed E-state index contributed by atoms with van der Waals surface area (Å²) < 4.78 is 15.6. The molecule has 1 aromatic heterocycles. The number of amides is 1. The maximum absolute atomic E-state index is 11.9. The summed E-state index contributed by atoms with van der Waals surface area (Å²) in [4.78, 5) is 25.4. The molecule has 0 spiro atoms. The molecule has 6 nitrogen and oxygen atoms in total. The predicted octanol–water partition coefficient (Wildman–Crippen LogP) is 1.45. The molecule has 0 bridgehead atoms. The van der Waals surface area contributed by atoms with Crippen molar-refractivity contribution in [3.8, 4) is 0 Å².